The Labute approximate surface area is 160 Å². The molecule has 1 heterocycles. The van der Waals surface area contributed by atoms with Gasteiger partial charge < -0.3 is 19.3 Å². The molecule has 0 amide bonds. The van der Waals surface area contributed by atoms with Crippen molar-refractivity contribution in [1.82, 2.24) is 0 Å². The number of halogens is 4. The molecule has 0 saturated carbocycles. The van der Waals surface area contributed by atoms with Gasteiger partial charge in [0.15, 0.2) is 0 Å². The SMILES string of the molecule is Clc1ccc(N2COCN(c3ccc(Cl)c(Cl)c3)COC2)cc1Cl. The van der Waals surface area contributed by atoms with Crippen LogP contribution in [0.5, 0.6) is 0 Å². The number of hydrogen-bond donors (Lipinski definition) is 0. The van der Waals surface area contributed by atoms with E-state index in [9.17, 15) is 0 Å². The molecule has 2 aromatic rings. The third-order valence-electron chi connectivity index (χ3n) is 3.53. The fraction of sp³-hybridized carbons (Fsp3) is 0.250. The monoisotopic (exact) mass is 406 g/mol. The van der Waals surface area contributed by atoms with Gasteiger partial charge in [0.25, 0.3) is 0 Å². The maximum atomic E-state index is 6.07. The van der Waals surface area contributed by atoms with Crippen LogP contribution in [0.15, 0.2) is 36.4 Å². The molecule has 1 fully saturated rings. The van der Waals surface area contributed by atoms with Gasteiger partial charge in [0.1, 0.15) is 26.9 Å². The topological polar surface area (TPSA) is 24.9 Å². The van der Waals surface area contributed by atoms with Gasteiger partial charge in [-0.25, -0.2) is 0 Å². The lowest BCUT2D eigenvalue weighted by Crippen LogP contribution is -2.39. The lowest BCUT2D eigenvalue weighted by molar-refractivity contribution is 0.0407. The Balaban J connectivity index is 1.66. The first-order valence-electron chi connectivity index (χ1n) is 7.10. The van der Waals surface area contributed by atoms with Crippen LogP contribution >= 0.6 is 46.4 Å². The molecule has 1 aliphatic rings. The number of hydrogen-bond acceptors (Lipinski definition) is 4. The van der Waals surface area contributed by atoms with E-state index >= 15 is 0 Å². The van der Waals surface area contributed by atoms with Gasteiger partial charge in [-0.2, -0.15) is 0 Å². The van der Waals surface area contributed by atoms with Crippen LogP contribution in [0.3, 0.4) is 0 Å². The molecule has 0 aromatic heterocycles. The molecule has 0 bridgehead atoms. The second-order valence-corrected chi connectivity index (χ2v) is 6.83. The summed E-state index contributed by atoms with van der Waals surface area (Å²) < 4.78 is 11.5. The van der Waals surface area contributed by atoms with Gasteiger partial charge in [0.05, 0.1) is 20.1 Å². The molecule has 0 radical (unpaired) electrons. The van der Waals surface area contributed by atoms with E-state index in [-0.39, 0.29) is 0 Å². The van der Waals surface area contributed by atoms with E-state index in [0.717, 1.165) is 11.4 Å². The highest BCUT2D eigenvalue weighted by atomic mass is 35.5. The van der Waals surface area contributed by atoms with Crippen LogP contribution in [0, 0.1) is 0 Å². The average Bonchev–Trinajstić information content (AvgIpc) is 2.53. The summed E-state index contributed by atoms with van der Waals surface area (Å²) in [5.74, 6) is 0. The number of benzene rings is 2. The van der Waals surface area contributed by atoms with Crippen molar-refractivity contribution in [2.24, 2.45) is 0 Å². The minimum atomic E-state index is 0.357. The summed E-state index contributed by atoms with van der Waals surface area (Å²) >= 11 is 24.0. The maximum Gasteiger partial charge on any atom is 0.123 e. The van der Waals surface area contributed by atoms with Crippen LogP contribution in [0.2, 0.25) is 20.1 Å². The second kappa shape index (κ2) is 8.00. The smallest absolute Gasteiger partial charge is 0.123 e. The van der Waals surface area contributed by atoms with Crippen LogP contribution in [-0.4, -0.2) is 26.9 Å². The fourth-order valence-electron chi connectivity index (χ4n) is 2.26. The summed E-state index contributed by atoms with van der Waals surface area (Å²) in [7, 11) is 0. The van der Waals surface area contributed by atoms with Gasteiger partial charge in [0, 0.05) is 11.4 Å². The van der Waals surface area contributed by atoms with Crippen molar-refractivity contribution in [1.29, 1.82) is 0 Å². The molecule has 1 aliphatic heterocycles. The zero-order valence-electron chi connectivity index (χ0n) is 12.5. The summed E-state index contributed by atoms with van der Waals surface area (Å²) in [5.41, 5.74) is 1.76. The molecular formula is C16H14Cl4N2O2. The predicted molar refractivity (Wildman–Crippen MR) is 99.5 cm³/mol. The number of rotatable bonds is 2. The minimum Gasteiger partial charge on any atom is -0.341 e. The van der Waals surface area contributed by atoms with Crippen molar-refractivity contribution in [2.45, 2.75) is 0 Å². The highest BCUT2D eigenvalue weighted by Gasteiger charge is 2.16. The zero-order chi connectivity index (χ0) is 17.1. The van der Waals surface area contributed by atoms with E-state index in [1.54, 1.807) is 24.3 Å². The molecule has 1 saturated heterocycles. The molecule has 128 valence electrons. The standard InChI is InChI=1S/C16H14Cl4N2O2/c17-13-3-1-11(5-15(13)19)21-7-23-9-22(10-24-8-21)12-2-4-14(18)16(20)6-12/h1-6H,7-10H2. The van der Waals surface area contributed by atoms with Gasteiger partial charge >= 0.3 is 0 Å². The van der Waals surface area contributed by atoms with Crippen LogP contribution in [0.4, 0.5) is 11.4 Å². The summed E-state index contributed by atoms with van der Waals surface area (Å²) in [6.45, 7) is 1.43. The summed E-state index contributed by atoms with van der Waals surface area (Å²) in [5, 5.41) is 2.02. The average molecular weight is 408 g/mol. The summed E-state index contributed by atoms with van der Waals surface area (Å²) in [4.78, 5) is 3.85. The molecule has 0 N–H and O–H groups in total. The predicted octanol–water partition coefficient (Wildman–Crippen LogP) is 5.49. The maximum absolute atomic E-state index is 6.07. The lowest BCUT2D eigenvalue weighted by atomic mass is 10.3. The van der Waals surface area contributed by atoms with Gasteiger partial charge in [0.2, 0.25) is 0 Å². The van der Waals surface area contributed by atoms with Crippen LogP contribution < -0.4 is 9.80 Å². The molecule has 2 aromatic carbocycles. The highest BCUT2D eigenvalue weighted by Crippen LogP contribution is 2.29. The van der Waals surface area contributed by atoms with Crippen LogP contribution in [0.1, 0.15) is 0 Å². The third-order valence-corrected chi connectivity index (χ3v) is 5.00. The molecule has 4 nitrogen and oxygen atoms in total. The van der Waals surface area contributed by atoms with Crippen molar-refractivity contribution < 1.29 is 9.47 Å². The first-order chi connectivity index (χ1) is 11.5. The largest absolute Gasteiger partial charge is 0.341 e. The molecule has 3 rings (SSSR count). The van der Waals surface area contributed by atoms with E-state index in [4.69, 9.17) is 55.9 Å². The second-order valence-electron chi connectivity index (χ2n) is 5.20. The Hall–Kier alpha value is -0.880. The van der Waals surface area contributed by atoms with Gasteiger partial charge in [-0.15, -0.1) is 0 Å². The van der Waals surface area contributed by atoms with Crippen molar-refractivity contribution in [3.63, 3.8) is 0 Å². The summed E-state index contributed by atoms with van der Waals surface area (Å²) in [6.07, 6.45) is 0. The minimum absolute atomic E-state index is 0.357. The summed E-state index contributed by atoms with van der Waals surface area (Å²) in [6, 6.07) is 10.8. The Morgan fingerprint density at radius 3 is 1.29 bits per heavy atom. The fourth-order valence-corrected chi connectivity index (χ4v) is 2.84. The molecule has 24 heavy (non-hydrogen) atoms. The molecule has 0 atom stereocenters. The number of anilines is 2. The van der Waals surface area contributed by atoms with E-state index in [2.05, 4.69) is 0 Å². The first kappa shape index (κ1) is 17.9. The van der Waals surface area contributed by atoms with Crippen LogP contribution in [-0.2, 0) is 9.47 Å². The highest BCUT2D eigenvalue weighted by molar-refractivity contribution is 6.42. The Morgan fingerprint density at radius 1 is 0.583 bits per heavy atom. The van der Waals surface area contributed by atoms with Gasteiger partial charge in [-0.1, -0.05) is 46.4 Å². The number of ether oxygens (including phenoxy) is 2. The molecule has 0 unspecified atom stereocenters. The Kier molecular flexibility index (Phi) is 5.98. The quantitative estimate of drug-likeness (QED) is 0.656. The molecule has 8 heteroatoms. The molecule has 0 aliphatic carbocycles. The van der Waals surface area contributed by atoms with Crippen LogP contribution in [0.25, 0.3) is 0 Å². The van der Waals surface area contributed by atoms with Crippen molar-refractivity contribution >= 4 is 57.8 Å². The van der Waals surface area contributed by atoms with E-state index < -0.39 is 0 Å². The van der Waals surface area contributed by atoms with E-state index in [1.165, 1.54) is 0 Å². The number of nitrogens with zero attached hydrogens (tertiary/aromatic N) is 2. The molecular weight excluding hydrogens is 394 g/mol. The van der Waals surface area contributed by atoms with E-state index in [0.29, 0.717) is 47.0 Å². The normalized spacial score (nSPS) is 16.0. The van der Waals surface area contributed by atoms with E-state index in [1.807, 2.05) is 21.9 Å². The first-order valence-corrected chi connectivity index (χ1v) is 8.61. The van der Waals surface area contributed by atoms with Crippen molar-refractivity contribution in [3.05, 3.63) is 56.5 Å². The Bertz CT molecular complexity index is 660. The lowest BCUT2D eigenvalue weighted by Gasteiger charge is -2.32. The van der Waals surface area contributed by atoms with Crippen molar-refractivity contribution in [3.8, 4) is 0 Å². The Morgan fingerprint density at radius 2 is 0.958 bits per heavy atom. The third kappa shape index (κ3) is 4.20. The van der Waals surface area contributed by atoms with Crippen molar-refractivity contribution in [2.75, 3.05) is 36.7 Å². The van der Waals surface area contributed by atoms with Gasteiger partial charge in [-0.05, 0) is 36.4 Å². The molecule has 0 spiro atoms. The van der Waals surface area contributed by atoms with Gasteiger partial charge in [-0.3, -0.25) is 0 Å². The zero-order valence-corrected chi connectivity index (χ0v) is 15.5.